The number of rotatable bonds is 2. The molecule has 3 aliphatic rings. The normalized spacial score (nSPS) is 45.7. The molecule has 7 unspecified atom stereocenters. The van der Waals surface area contributed by atoms with Gasteiger partial charge in [0.1, 0.15) is 8.24 Å². The Labute approximate surface area is 140 Å². The Morgan fingerprint density at radius 2 is 1.41 bits per heavy atom. The summed E-state index contributed by atoms with van der Waals surface area (Å²) in [6, 6.07) is 0. The molecular formula is C20H39NSi. The predicted octanol–water partition coefficient (Wildman–Crippen LogP) is 5.68. The van der Waals surface area contributed by atoms with Crippen LogP contribution in [0.1, 0.15) is 66.7 Å². The van der Waals surface area contributed by atoms with Gasteiger partial charge in [0.2, 0.25) is 0 Å². The lowest BCUT2D eigenvalue weighted by Gasteiger charge is -2.45. The molecule has 0 amide bonds. The fourth-order valence-electron chi connectivity index (χ4n) is 7.15. The summed E-state index contributed by atoms with van der Waals surface area (Å²) in [6.07, 6.45) is 7.73. The smallest absolute Gasteiger partial charge is 0.123 e. The van der Waals surface area contributed by atoms with Crippen LogP contribution >= 0.6 is 0 Å². The monoisotopic (exact) mass is 321 g/mol. The summed E-state index contributed by atoms with van der Waals surface area (Å²) in [5, 5.41) is 0. The molecule has 3 rings (SSSR count). The van der Waals surface area contributed by atoms with Crippen molar-refractivity contribution in [2.45, 2.75) is 90.9 Å². The van der Waals surface area contributed by atoms with Crippen LogP contribution in [0.25, 0.3) is 0 Å². The highest BCUT2D eigenvalue weighted by atomic mass is 28.3. The van der Waals surface area contributed by atoms with Crippen LogP contribution < -0.4 is 4.98 Å². The summed E-state index contributed by atoms with van der Waals surface area (Å²) < 4.78 is 0. The standard InChI is InChI=1S/C20H39NSi/c1-13-14(2)19(22(6,7)21-20(3,4)5)18-12-16-10-8-9-15(16)11-17(13)18/h13-19,21H,8-12H2,1-7H3. The number of fused-ring (bicyclic) bond motifs is 2. The third-order valence-corrected chi connectivity index (χ3v) is 11.6. The van der Waals surface area contributed by atoms with Gasteiger partial charge >= 0.3 is 0 Å². The molecule has 0 aromatic rings. The zero-order valence-corrected chi connectivity index (χ0v) is 17.1. The predicted molar refractivity (Wildman–Crippen MR) is 99.5 cm³/mol. The zero-order chi connectivity index (χ0) is 16.3. The quantitative estimate of drug-likeness (QED) is 0.645. The molecule has 0 saturated heterocycles. The Morgan fingerprint density at radius 1 is 0.864 bits per heavy atom. The van der Waals surface area contributed by atoms with Gasteiger partial charge < -0.3 is 4.98 Å². The van der Waals surface area contributed by atoms with Crippen LogP contribution in [0.3, 0.4) is 0 Å². The molecule has 3 fully saturated rings. The van der Waals surface area contributed by atoms with Crippen molar-refractivity contribution in [3.8, 4) is 0 Å². The average molecular weight is 322 g/mol. The third-order valence-electron chi connectivity index (χ3n) is 7.58. The second-order valence-electron chi connectivity index (χ2n) is 10.6. The minimum absolute atomic E-state index is 0.265. The minimum atomic E-state index is -1.41. The Balaban J connectivity index is 1.84. The third kappa shape index (κ3) is 2.95. The topological polar surface area (TPSA) is 12.0 Å². The molecule has 3 saturated carbocycles. The van der Waals surface area contributed by atoms with Crippen LogP contribution in [0.15, 0.2) is 0 Å². The molecule has 0 bridgehead atoms. The van der Waals surface area contributed by atoms with Crippen LogP contribution in [0, 0.1) is 35.5 Å². The second-order valence-corrected chi connectivity index (χ2v) is 15.0. The lowest BCUT2D eigenvalue weighted by molar-refractivity contribution is 0.132. The Hall–Kier alpha value is 0.177. The van der Waals surface area contributed by atoms with Crippen LogP contribution in [0.2, 0.25) is 18.6 Å². The van der Waals surface area contributed by atoms with Crippen LogP contribution in [-0.2, 0) is 0 Å². The van der Waals surface area contributed by atoms with Crippen molar-refractivity contribution in [2.24, 2.45) is 35.5 Å². The van der Waals surface area contributed by atoms with Gasteiger partial charge in [0, 0.05) is 5.54 Å². The molecule has 0 aromatic heterocycles. The van der Waals surface area contributed by atoms with Gasteiger partial charge in [0.15, 0.2) is 0 Å². The first-order valence-corrected chi connectivity index (χ1v) is 13.0. The van der Waals surface area contributed by atoms with Crippen molar-refractivity contribution in [1.29, 1.82) is 0 Å². The number of hydrogen-bond acceptors (Lipinski definition) is 1. The molecule has 1 N–H and O–H groups in total. The Kier molecular flexibility index (Phi) is 4.34. The Bertz CT molecular complexity index is 410. The maximum atomic E-state index is 4.12. The van der Waals surface area contributed by atoms with Crippen molar-refractivity contribution in [3.05, 3.63) is 0 Å². The average Bonchev–Trinajstić information content (AvgIpc) is 2.89. The molecule has 0 heterocycles. The Morgan fingerprint density at radius 3 is 1.95 bits per heavy atom. The summed E-state index contributed by atoms with van der Waals surface area (Å²) in [4.78, 5) is 4.12. The first kappa shape index (κ1) is 17.0. The highest BCUT2D eigenvalue weighted by molar-refractivity contribution is 6.76. The molecule has 0 aliphatic heterocycles. The van der Waals surface area contributed by atoms with E-state index in [0.717, 1.165) is 41.0 Å². The molecule has 3 aliphatic carbocycles. The van der Waals surface area contributed by atoms with E-state index in [1.807, 2.05) is 0 Å². The summed E-state index contributed by atoms with van der Waals surface area (Å²) in [5.74, 6) is 6.11. The SMILES string of the molecule is CC1C(C)C([Si](C)(C)NC(C)(C)C)C2CC3CCCC3CC12. The van der Waals surface area contributed by atoms with Crippen LogP contribution in [-0.4, -0.2) is 13.8 Å². The first-order valence-electron chi connectivity index (χ1n) is 9.89. The van der Waals surface area contributed by atoms with Crippen molar-refractivity contribution in [3.63, 3.8) is 0 Å². The van der Waals surface area contributed by atoms with Gasteiger partial charge in [-0.3, -0.25) is 0 Å². The fraction of sp³-hybridized carbons (Fsp3) is 1.00. The van der Waals surface area contributed by atoms with E-state index in [9.17, 15) is 0 Å². The molecule has 0 radical (unpaired) electrons. The van der Waals surface area contributed by atoms with Gasteiger partial charge in [-0.1, -0.05) is 46.2 Å². The van der Waals surface area contributed by atoms with E-state index in [2.05, 4.69) is 52.7 Å². The molecule has 7 atom stereocenters. The van der Waals surface area contributed by atoms with E-state index in [1.54, 1.807) is 19.3 Å². The molecule has 22 heavy (non-hydrogen) atoms. The van der Waals surface area contributed by atoms with Gasteiger partial charge in [-0.25, -0.2) is 0 Å². The van der Waals surface area contributed by atoms with Crippen molar-refractivity contribution >= 4 is 8.24 Å². The maximum absolute atomic E-state index is 4.12. The minimum Gasteiger partial charge on any atom is -0.332 e. The summed E-state index contributed by atoms with van der Waals surface area (Å²) >= 11 is 0. The van der Waals surface area contributed by atoms with Crippen molar-refractivity contribution in [1.82, 2.24) is 4.98 Å². The van der Waals surface area contributed by atoms with E-state index in [-0.39, 0.29) is 5.54 Å². The lowest BCUT2D eigenvalue weighted by Crippen LogP contribution is -2.59. The van der Waals surface area contributed by atoms with Crippen molar-refractivity contribution < 1.29 is 0 Å². The maximum Gasteiger partial charge on any atom is 0.123 e. The van der Waals surface area contributed by atoms with Gasteiger partial charge in [-0.05, 0) is 74.7 Å². The first-order chi connectivity index (χ1) is 10.1. The van der Waals surface area contributed by atoms with Gasteiger partial charge in [0.05, 0.1) is 0 Å². The number of nitrogens with one attached hydrogen (secondary N) is 1. The largest absolute Gasteiger partial charge is 0.332 e. The lowest BCUT2D eigenvalue weighted by atomic mass is 9.69. The highest BCUT2D eigenvalue weighted by Gasteiger charge is 2.56. The molecular weight excluding hydrogens is 282 g/mol. The summed E-state index contributed by atoms with van der Waals surface area (Å²) in [6.45, 7) is 17.5. The molecule has 2 heteroatoms. The van der Waals surface area contributed by atoms with E-state index >= 15 is 0 Å². The fourth-order valence-corrected chi connectivity index (χ4v) is 12.3. The van der Waals surface area contributed by atoms with Crippen LogP contribution in [0.4, 0.5) is 0 Å². The van der Waals surface area contributed by atoms with Gasteiger partial charge in [-0.15, -0.1) is 0 Å². The zero-order valence-electron chi connectivity index (χ0n) is 16.1. The van der Waals surface area contributed by atoms with Gasteiger partial charge in [0.25, 0.3) is 0 Å². The molecule has 0 spiro atoms. The molecule has 1 nitrogen and oxygen atoms in total. The number of hydrogen-bond donors (Lipinski definition) is 1. The van der Waals surface area contributed by atoms with E-state index in [0.29, 0.717) is 0 Å². The summed E-state index contributed by atoms with van der Waals surface area (Å²) in [7, 11) is -1.41. The highest BCUT2D eigenvalue weighted by Crippen LogP contribution is 2.62. The van der Waals surface area contributed by atoms with Crippen molar-refractivity contribution in [2.75, 3.05) is 0 Å². The molecule has 0 aromatic carbocycles. The second kappa shape index (κ2) is 5.62. The van der Waals surface area contributed by atoms with E-state index in [1.165, 1.54) is 12.8 Å². The van der Waals surface area contributed by atoms with Gasteiger partial charge in [-0.2, -0.15) is 0 Å². The van der Waals surface area contributed by atoms with E-state index in [4.69, 9.17) is 0 Å². The van der Waals surface area contributed by atoms with Crippen LogP contribution in [0.5, 0.6) is 0 Å². The molecule has 128 valence electrons. The van der Waals surface area contributed by atoms with E-state index < -0.39 is 8.24 Å². The summed E-state index contributed by atoms with van der Waals surface area (Å²) in [5.41, 5.74) is 1.25.